The summed E-state index contributed by atoms with van der Waals surface area (Å²) < 4.78 is 0. The van der Waals surface area contributed by atoms with Gasteiger partial charge < -0.3 is 11.1 Å². The molecule has 4 nitrogen and oxygen atoms in total. The second-order valence-electron chi connectivity index (χ2n) is 4.50. The Labute approximate surface area is 102 Å². The Kier molecular flexibility index (Phi) is 3.76. The van der Waals surface area contributed by atoms with Gasteiger partial charge in [0.15, 0.2) is 0 Å². The molecule has 4 heteroatoms. The number of rotatable bonds is 3. The Morgan fingerprint density at radius 1 is 1.41 bits per heavy atom. The van der Waals surface area contributed by atoms with Crippen molar-refractivity contribution in [3.8, 4) is 0 Å². The molecule has 1 saturated heterocycles. The molecule has 2 rings (SSSR count). The maximum absolute atomic E-state index is 11.7. The van der Waals surface area contributed by atoms with Gasteiger partial charge >= 0.3 is 0 Å². The third-order valence-electron chi connectivity index (χ3n) is 3.27. The molecule has 1 fully saturated rings. The zero-order valence-corrected chi connectivity index (χ0v) is 10.1. The summed E-state index contributed by atoms with van der Waals surface area (Å²) in [5.41, 5.74) is 6.91. The molecule has 17 heavy (non-hydrogen) atoms. The quantitative estimate of drug-likeness (QED) is 0.791. The average molecular weight is 233 g/mol. The molecule has 2 unspecified atom stereocenters. The Bertz CT molecular complexity index is 380. The minimum atomic E-state index is -0.209. The number of hydrogen-bond acceptors (Lipinski definition) is 3. The van der Waals surface area contributed by atoms with E-state index in [0.29, 0.717) is 19.1 Å². The molecule has 1 heterocycles. The molecule has 1 aromatic rings. The Balaban J connectivity index is 2.13. The molecular formula is C13H19N3O. The lowest BCUT2D eigenvalue weighted by Crippen LogP contribution is -2.61. The predicted molar refractivity (Wildman–Crippen MR) is 67.3 cm³/mol. The maximum atomic E-state index is 11.7. The molecule has 1 aliphatic rings. The van der Waals surface area contributed by atoms with Gasteiger partial charge in [0, 0.05) is 25.7 Å². The average Bonchev–Trinajstić information content (AvgIpc) is 2.35. The van der Waals surface area contributed by atoms with E-state index in [1.165, 1.54) is 5.56 Å². The van der Waals surface area contributed by atoms with Crippen LogP contribution in [0.4, 0.5) is 0 Å². The number of nitrogens with one attached hydrogen (secondary N) is 1. The van der Waals surface area contributed by atoms with Gasteiger partial charge in [-0.15, -0.1) is 0 Å². The number of nitrogens with two attached hydrogens (primary N) is 1. The first-order valence-electron chi connectivity index (χ1n) is 6.00. The number of amides is 1. The molecule has 3 N–H and O–H groups in total. The first kappa shape index (κ1) is 12.1. The zero-order chi connectivity index (χ0) is 12.3. The standard InChI is InChI=1S/C13H19N3O/c1-10-8-15-13(17)12(7-14)16(10)9-11-5-3-2-4-6-11/h2-6,10,12H,7-9,14H2,1H3,(H,15,17). The maximum Gasteiger partial charge on any atom is 0.238 e. The topological polar surface area (TPSA) is 58.4 Å². The van der Waals surface area contributed by atoms with E-state index in [1.807, 2.05) is 18.2 Å². The summed E-state index contributed by atoms with van der Waals surface area (Å²) in [5, 5.41) is 2.89. The van der Waals surface area contributed by atoms with Gasteiger partial charge in [-0.2, -0.15) is 0 Å². The zero-order valence-electron chi connectivity index (χ0n) is 10.1. The van der Waals surface area contributed by atoms with E-state index in [1.54, 1.807) is 0 Å². The number of hydrogen-bond donors (Lipinski definition) is 2. The first-order chi connectivity index (χ1) is 8.22. The Hall–Kier alpha value is -1.39. The van der Waals surface area contributed by atoms with Crippen LogP contribution < -0.4 is 11.1 Å². The van der Waals surface area contributed by atoms with Crippen molar-refractivity contribution in [2.45, 2.75) is 25.6 Å². The smallest absolute Gasteiger partial charge is 0.238 e. The lowest BCUT2D eigenvalue weighted by molar-refractivity contribution is -0.130. The van der Waals surface area contributed by atoms with Crippen LogP contribution in [-0.4, -0.2) is 36.0 Å². The second-order valence-corrected chi connectivity index (χ2v) is 4.50. The van der Waals surface area contributed by atoms with Crippen LogP contribution in [0.3, 0.4) is 0 Å². The lowest BCUT2D eigenvalue weighted by Gasteiger charge is -2.39. The highest BCUT2D eigenvalue weighted by atomic mass is 16.2. The van der Waals surface area contributed by atoms with Crippen LogP contribution >= 0.6 is 0 Å². The van der Waals surface area contributed by atoms with Crippen LogP contribution in [0.1, 0.15) is 12.5 Å². The molecule has 0 bridgehead atoms. The largest absolute Gasteiger partial charge is 0.353 e. The Morgan fingerprint density at radius 2 is 2.12 bits per heavy atom. The van der Waals surface area contributed by atoms with Gasteiger partial charge in [-0.3, -0.25) is 9.69 Å². The van der Waals surface area contributed by atoms with E-state index in [4.69, 9.17) is 5.73 Å². The molecule has 1 amide bonds. The van der Waals surface area contributed by atoms with Crippen LogP contribution in [0.5, 0.6) is 0 Å². The molecule has 0 aliphatic carbocycles. The van der Waals surface area contributed by atoms with E-state index >= 15 is 0 Å². The van der Waals surface area contributed by atoms with Gasteiger partial charge in [0.2, 0.25) is 5.91 Å². The fraction of sp³-hybridized carbons (Fsp3) is 0.462. The van der Waals surface area contributed by atoms with Crippen LogP contribution in [0.15, 0.2) is 30.3 Å². The van der Waals surface area contributed by atoms with Gasteiger partial charge in [0.25, 0.3) is 0 Å². The van der Waals surface area contributed by atoms with Gasteiger partial charge in [-0.05, 0) is 12.5 Å². The fourth-order valence-electron chi connectivity index (χ4n) is 2.24. The van der Waals surface area contributed by atoms with Crippen LogP contribution in [-0.2, 0) is 11.3 Å². The monoisotopic (exact) mass is 233 g/mol. The summed E-state index contributed by atoms with van der Waals surface area (Å²) in [5.74, 6) is 0.0431. The summed E-state index contributed by atoms with van der Waals surface area (Å²) in [6, 6.07) is 10.3. The van der Waals surface area contributed by atoms with Gasteiger partial charge in [-0.1, -0.05) is 30.3 Å². The number of piperazine rings is 1. The minimum absolute atomic E-state index is 0.0431. The van der Waals surface area contributed by atoms with Gasteiger partial charge in [0.1, 0.15) is 6.04 Å². The van der Waals surface area contributed by atoms with Crippen molar-refractivity contribution in [2.75, 3.05) is 13.1 Å². The molecule has 1 aromatic carbocycles. The summed E-state index contributed by atoms with van der Waals surface area (Å²) in [6.45, 7) is 3.95. The molecule has 0 saturated carbocycles. The number of benzene rings is 1. The first-order valence-corrected chi connectivity index (χ1v) is 6.00. The lowest BCUT2D eigenvalue weighted by atomic mass is 10.1. The minimum Gasteiger partial charge on any atom is -0.353 e. The second kappa shape index (κ2) is 5.29. The SMILES string of the molecule is CC1CNC(=O)C(CN)N1Cc1ccccc1. The van der Waals surface area contributed by atoms with Crippen molar-refractivity contribution in [2.24, 2.45) is 5.73 Å². The van der Waals surface area contributed by atoms with Crippen molar-refractivity contribution in [3.63, 3.8) is 0 Å². The summed E-state index contributed by atoms with van der Waals surface area (Å²) in [7, 11) is 0. The Morgan fingerprint density at radius 3 is 2.76 bits per heavy atom. The third kappa shape index (κ3) is 2.65. The summed E-state index contributed by atoms with van der Waals surface area (Å²) in [6.07, 6.45) is 0. The van der Waals surface area contributed by atoms with Crippen LogP contribution in [0.25, 0.3) is 0 Å². The third-order valence-corrected chi connectivity index (χ3v) is 3.27. The highest BCUT2D eigenvalue weighted by Crippen LogP contribution is 2.15. The normalized spacial score (nSPS) is 25.6. The van der Waals surface area contributed by atoms with E-state index in [-0.39, 0.29) is 11.9 Å². The van der Waals surface area contributed by atoms with Crippen molar-refractivity contribution < 1.29 is 4.79 Å². The molecule has 1 aliphatic heterocycles. The molecule has 0 radical (unpaired) electrons. The summed E-state index contributed by atoms with van der Waals surface area (Å²) in [4.78, 5) is 13.9. The van der Waals surface area contributed by atoms with Crippen molar-refractivity contribution in [1.29, 1.82) is 0 Å². The number of nitrogens with zero attached hydrogens (tertiary/aromatic N) is 1. The van der Waals surface area contributed by atoms with Crippen LogP contribution in [0, 0.1) is 0 Å². The molecule has 0 spiro atoms. The van der Waals surface area contributed by atoms with Crippen molar-refractivity contribution >= 4 is 5.91 Å². The highest BCUT2D eigenvalue weighted by molar-refractivity contribution is 5.82. The van der Waals surface area contributed by atoms with Gasteiger partial charge in [0.05, 0.1) is 0 Å². The fourth-order valence-corrected chi connectivity index (χ4v) is 2.24. The van der Waals surface area contributed by atoms with E-state index < -0.39 is 0 Å². The van der Waals surface area contributed by atoms with E-state index in [2.05, 4.69) is 29.3 Å². The van der Waals surface area contributed by atoms with Crippen molar-refractivity contribution in [3.05, 3.63) is 35.9 Å². The number of carbonyl (C=O) groups is 1. The van der Waals surface area contributed by atoms with Gasteiger partial charge in [-0.25, -0.2) is 0 Å². The summed E-state index contributed by atoms with van der Waals surface area (Å²) >= 11 is 0. The molecule has 0 aromatic heterocycles. The number of carbonyl (C=O) groups excluding carboxylic acids is 1. The molecule has 2 atom stereocenters. The van der Waals surface area contributed by atoms with Crippen LogP contribution in [0.2, 0.25) is 0 Å². The molecule has 92 valence electrons. The van der Waals surface area contributed by atoms with E-state index in [9.17, 15) is 4.79 Å². The molecular weight excluding hydrogens is 214 g/mol. The van der Waals surface area contributed by atoms with Crippen molar-refractivity contribution in [1.82, 2.24) is 10.2 Å². The highest BCUT2D eigenvalue weighted by Gasteiger charge is 2.32. The predicted octanol–water partition coefficient (Wildman–Crippen LogP) is 0.334. The van der Waals surface area contributed by atoms with E-state index in [0.717, 1.165) is 6.54 Å².